The molecule has 0 aromatic heterocycles. The van der Waals surface area contributed by atoms with Gasteiger partial charge in [-0.15, -0.1) is 0 Å². The highest BCUT2D eigenvalue weighted by molar-refractivity contribution is 6.73. The average molecular weight is 190 g/mol. The summed E-state index contributed by atoms with van der Waals surface area (Å²) >= 11 is 0. The van der Waals surface area contributed by atoms with Gasteiger partial charge in [0.2, 0.25) is 8.41 Å². The Morgan fingerprint density at radius 2 is 1.33 bits per heavy atom. The summed E-state index contributed by atoms with van der Waals surface area (Å²) < 4.78 is 14.1. The highest BCUT2D eigenvalue weighted by atomic mass is 28.4. The molecule has 12 heavy (non-hydrogen) atoms. The fourth-order valence-corrected chi connectivity index (χ4v) is 5.29. The van der Waals surface area contributed by atoms with Crippen LogP contribution in [0.1, 0.15) is 46.5 Å². The van der Waals surface area contributed by atoms with Gasteiger partial charge in [0.25, 0.3) is 0 Å². The van der Waals surface area contributed by atoms with Crippen LogP contribution in [0.5, 0.6) is 0 Å². The number of hydrogen-bond donors (Lipinski definition) is 0. The van der Waals surface area contributed by atoms with Crippen LogP contribution in [0.25, 0.3) is 0 Å². The number of hydrogen-bond acceptors (Lipinski definition) is 0. The summed E-state index contributed by atoms with van der Waals surface area (Å²) in [6.45, 7) is 6.35. The van der Waals surface area contributed by atoms with E-state index in [2.05, 4.69) is 20.8 Å². The Balaban J connectivity index is 3.80. The highest BCUT2D eigenvalue weighted by Gasteiger charge is 2.30. The van der Waals surface area contributed by atoms with Crippen LogP contribution in [-0.4, -0.2) is 8.41 Å². The van der Waals surface area contributed by atoms with Crippen LogP contribution in [0.2, 0.25) is 18.1 Å². The molecule has 0 atom stereocenters. The predicted octanol–water partition coefficient (Wildman–Crippen LogP) is 4.52. The molecule has 0 unspecified atom stereocenters. The largest absolute Gasteiger partial charge is 0.314 e. The summed E-state index contributed by atoms with van der Waals surface area (Å²) in [5, 5.41) is 0. The normalized spacial score (nSPS) is 12.0. The maximum absolute atomic E-state index is 14.1. The molecule has 0 aromatic rings. The quantitative estimate of drug-likeness (QED) is 0.409. The molecule has 0 aromatic carbocycles. The first-order valence-electron chi connectivity index (χ1n) is 5.37. The minimum atomic E-state index is -2.27. The lowest BCUT2D eigenvalue weighted by molar-refractivity contribution is 0.695. The molecular weight excluding hydrogens is 167 g/mol. The average Bonchev–Trinajstić information content (AvgIpc) is 2.02. The standard InChI is InChI=1S/C10H23FSi/c1-4-7-10-12(11,8-5-2)9-6-3/h4-10H2,1-3H3. The highest BCUT2D eigenvalue weighted by Crippen LogP contribution is 2.27. The summed E-state index contributed by atoms with van der Waals surface area (Å²) in [6, 6.07) is 2.69. The van der Waals surface area contributed by atoms with Gasteiger partial charge in [-0.25, -0.2) is 0 Å². The van der Waals surface area contributed by atoms with Crippen LogP contribution < -0.4 is 0 Å². The molecule has 0 saturated carbocycles. The predicted molar refractivity (Wildman–Crippen MR) is 56.8 cm³/mol. The van der Waals surface area contributed by atoms with E-state index in [1.54, 1.807) is 0 Å². The minimum absolute atomic E-state index is 0.890. The molecule has 0 aliphatic heterocycles. The lowest BCUT2D eigenvalue weighted by atomic mass is 10.4. The van der Waals surface area contributed by atoms with Gasteiger partial charge in [-0.05, 0) is 18.1 Å². The molecule has 0 saturated heterocycles. The molecule has 0 heterocycles. The van der Waals surface area contributed by atoms with Crippen LogP contribution >= 0.6 is 0 Å². The maximum atomic E-state index is 14.1. The van der Waals surface area contributed by atoms with Gasteiger partial charge in [0.15, 0.2) is 0 Å². The van der Waals surface area contributed by atoms with E-state index in [1.807, 2.05) is 0 Å². The molecule has 0 radical (unpaired) electrons. The van der Waals surface area contributed by atoms with Gasteiger partial charge in [-0.1, -0.05) is 46.5 Å². The molecule has 2 heteroatoms. The maximum Gasteiger partial charge on any atom is 0.247 e. The molecule has 0 fully saturated rings. The van der Waals surface area contributed by atoms with Gasteiger partial charge in [0.05, 0.1) is 0 Å². The van der Waals surface area contributed by atoms with E-state index in [0.29, 0.717) is 0 Å². The number of rotatable bonds is 7. The van der Waals surface area contributed by atoms with Crippen LogP contribution in [0.4, 0.5) is 4.11 Å². The van der Waals surface area contributed by atoms with Crippen molar-refractivity contribution in [3.63, 3.8) is 0 Å². The van der Waals surface area contributed by atoms with Crippen molar-refractivity contribution < 1.29 is 4.11 Å². The van der Waals surface area contributed by atoms with Crippen molar-refractivity contribution in [1.29, 1.82) is 0 Å². The molecule has 0 nitrogen and oxygen atoms in total. The molecule has 0 spiro atoms. The Morgan fingerprint density at radius 1 is 0.833 bits per heavy atom. The molecule has 74 valence electrons. The second kappa shape index (κ2) is 6.64. The second-order valence-electron chi connectivity index (χ2n) is 3.75. The van der Waals surface area contributed by atoms with E-state index in [-0.39, 0.29) is 0 Å². The van der Waals surface area contributed by atoms with E-state index < -0.39 is 8.41 Å². The topological polar surface area (TPSA) is 0 Å². The first kappa shape index (κ1) is 12.1. The molecule has 0 aliphatic carbocycles. The van der Waals surface area contributed by atoms with Gasteiger partial charge in [-0.2, -0.15) is 0 Å². The van der Waals surface area contributed by atoms with Crippen LogP contribution in [0.3, 0.4) is 0 Å². The lowest BCUT2D eigenvalue weighted by Crippen LogP contribution is -2.27. The smallest absolute Gasteiger partial charge is 0.247 e. The van der Waals surface area contributed by atoms with Crippen molar-refractivity contribution >= 4 is 8.41 Å². The van der Waals surface area contributed by atoms with Crippen molar-refractivity contribution in [3.05, 3.63) is 0 Å². The molecule has 0 rings (SSSR count). The van der Waals surface area contributed by atoms with E-state index in [9.17, 15) is 4.11 Å². The fraction of sp³-hybridized carbons (Fsp3) is 1.00. The van der Waals surface area contributed by atoms with Crippen molar-refractivity contribution in [3.8, 4) is 0 Å². The third-order valence-electron chi connectivity index (χ3n) is 2.37. The van der Waals surface area contributed by atoms with Crippen LogP contribution in [-0.2, 0) is 0 Å². The van der Waals surface area contributed by atoms with Gasteiger partial charge in [-0.3, -0.25) is 0 Å². The number of unbranched alkanes of at least 4 members (excludes halogenated alkanes) is 1. The molecule has 0 bridgehead atoms. The summed E-state index contributed by atoms with van der Waals surface area (Å²) in [5.74, 6) is 0. The first-order chi connectivity index (χ1) is 5.68. The van der Waals surface area contributed by atoms with E-state index in [4.69, 9.17) is 0 Å². The Hall–Kier alpha value is 0.147. The lowest BCUT2D eigenvalue weighted by Gasteiger charge is -2.20. The van der Waals surface area contributed by atoms with Crippen molar-refractivity contribution in [2.24, 2.45) is 0 Å². The zero-order chi connectivity index (χ0) is 9.45. The summed E-state index contributed by atoms with van der Waals surface area (Å²) in [4.78, 5) is 0. The van der Waals surface area contributed by atoms with E-state index in [0.717, 1.165) is 43.8 Å². The van der Waals surface area contributed by atoms with Crippen molar-refractivity contribution in [2.45, 2.75) is 64.6 Å². The monoisotopic (exact) mass is 190 g/mol. The third kappa shape index (κ3) is 4.91. The number of halogens is 1. The van der Waals surface area contributed by atoms with E-state index in [1.165, 1.54) is 0 Å². The van der Waals surface area contributed by atoms with Crippen LogP contribution in [0.15, 0.2) is 0 Å². The van der Waals surface area contributed by atoms with Gasteiger partial charge >= 0.3 is 0 Å². The van der Waals surface area contributed by atoms with Gasteiger partial charge < -0.3 is 4.11 Å². The van der Waals surface area contributed by atoms with Crippen molar-refractivity contribution in [1.82, 2.24) is 0 Å². The summed E-state index contributed by atoms with van der Waals surface area (Å²) in [6.07, 6.45) is 4.31. The second-order valence-corrected chi connectivity index (χ2v) is 7.56. The van der Waals surface area contributed by atoms with Crippen LogP contribution in [0, 0.1) is 0 Å². The molecule has 0 N–H and O–H groups in total. The zero-order valence-electron chi connectivity index (χ0n) is 8.83. The fourth-order valence-electron chi connectivity index (χ4n) is 1.76. The Bertz CT molecular complexity index is 98.0. The van der Waals surface area contributed by atoms with Gasteiger partial charge in [0.1, 0.15) is 0 Å². The van der Waals surface area contributed by atoms with Crippen molar-refractivity contribution in [2.75, 3.05) is 0 Å². The Morgan fingerprint density at radius 3 is 1.67 bits per heavy atom. The SMILES string of the molecule is CCCC[Si](F)(CCC)CCC. The van der Waals surface area contributed by atoms with Gasteiger partial charge in [0, 0.05) is 0 Å². The first-order valence-corrected chi connectivity index (χ1v) is 7.87. The third-order valence-corrected chi connectivity index (χ3v) is 6.42. The van der Waals surface area contributed by atoms with E-state index >= 15 is 0 Å². The summed E-state index contributed by atoms with van der Waals surface area (Å²) in [5.41, 5.74) is 0. The summed E-state index contributed by atoms with van der Waals surface area (Å²) in [7, 11) is -2.27. The molecular formula is C10H23FSi. The zero-order valence-corrected chi connectivity index (χ0v) is 9.83. The Labute approximate surface area is 77.7 Å². The minimum Gasteiger partial charge on any atom is -0.314 e. The molecule has 0 aliphatic rings. The molecule has 0 amide bonds. The Kier molecular flexibility index (Phi) is 6.72.